The summed E-state index contributed by atoms with van der Waals surface area (Å²) in [5.74, 6) is 1.74. The van der Waals surface area contributed by atoms with E-state index in [2.05, 4.69) is 12.2 Å². The van der Waals surface area contributed by atoms with Gasteiger partial charge in [0, 0.05) is 0 Å². The highest BCUT2D eigenvalue weighted by atomic mass is 16.5. The molecule has 0 aliphatic heterocycles. The molecule has 3 atom stereocenters. The zero-order valence-corrected chi connectivity index (χ0v) is 8.74. The van der Waals surface area contributed by atoms with E-state index in [4.69, 9.17) is 4.74 Å². The summed E-state index contributed by atoms with van der Waals surface area (Å²) in [4.78, 5) is 11.4. The minimum absolute atomic E-state index is 0.00185. The summed E-state index contributed by atoms with van der Waals surface area (Å²) in [6, 6.07) is 0. The van der Waals surface area contributed by atoms with Crippen molar-refractivity contribution in [3.8, 4) is 0 Å². The van der Waals surface area contributed by atoms with Gasteiger partial charge in [-0.3, -0.25) is 4.79 Å². The fraction of sp³-hybridized carbons (Fsp3) is 0.750. The number of esters is 1. The van der Waals surface area contributed by atoms with Crippen molar-refractivity contribution in [3.05, 3.63) is 12.2 Å². The van der Waals surface area contributed by atoms with E-state index in [9.17, 15) is 4.79 Å². The number of carbonyl (C=O) groups is 1. The summed E-state index contributed by atoms with van der Waals surface area (Å²) in [5, 5.41) is 0. The number of fused-ring (bicyclic) bond motifs is 1. The first-order valence-electron chi connectivity index (χ1n) is 5.54. The molecular weight excluding hydrogens is 176 g/mol. The predicted octanol–water partition coefficient (Wildman–Crippen LogP) is 2.54. The Hall–Kier alpha value is -0.790. The first kappa shape index (κ1) is 9.75. The van der Waals surface area contributed by atoms with Gasteiger partial charge in [0.15, 0.2) is 0 Å². The van der Waals surface area contributed by atoms with Crippen molar-refractivity contribution in [1.82, 2.24) is 0 Å². The van der Waals surface area contributed by atoms with Gasteiger partial charge in [-0.2, -0.15) is 0 Å². The first-order valence-corrected chi connectivity index (χ1v) is 5.54. The number of hydrogen-bond acceptors (Lipinski definition) is 2. The molecule has 0 bridgehead atoms. The van der Waals surface area contributed by atoms with Crippen LogP contribution in [-0.4, -0.2) is 13.1 Å². The van der Waals surface area contributed by atoms with E-state index in [-0.39, 0.29) is 11.9 Å². The molecule has 1 fully saturated rings. The van der Waals surface area contributed by atoms with E-state index in [0.29, 0.717) is 0 Å². The Morgan fingerprint density at radius 3 is 2.64 bits per heavy atom. The van der Waals surface area contributed by atoms with Crippen molar-refractivity contribution in [1.29, 1.82) is 0 Å². The molecule has 0 N–H and O–H groups in total. The van der Waals surface area contributed by atoms with Crippen LogP contribution in [0.2, 0.25) is 0 Å². The second-order valence-electron chi connectivity index (χ2n) is 4.50. The summed E-state index contributed by atoms with van der Waals surface area (Å²) < 4.78 is 4.81. The molecule has 2 heteroatoms. The second-order valence-corrected chi connectivity index (χ2v) is 4.50. The lowest BCUT2D eigenvalue weighted by atomic mass is 9.69. The third kappa shape index (κ3) is 1.84. The Balaban J connectivity index is 1.96. The molecule has 0 aromatic carbocycles. The fourth-order valence-electron chi connectivity index (χ4n) is 2.85. The monoisotopic (exact) mass is 194 g/mol. The number of methoxy groups -OCH3 is 1. The molecule has 0 heterocycles. The summed E-state index contributed by atoms with van der Waals surface area (Å²) in [5.41, 5.74) is 0. The van der Waals surface area contributed by atoms with Gasteiger partial charge in [0.05, 0.1) is 13.0 Å². The van der Waals surface area contributed by atoms with Crippen LogP contribution < -0.4 is 0 Å². The van der Waals surface area contributed by atoms with Crippen molar-refractivity contribution in [2.75, 3.05) is 7.11 Å². The molecule has 78 valence electrons. The van der Waals surface area contributed by atoms with Crippen LogP contribution in [0.3, 0.4) is 0 Å². The molecule has 0 radical (unpaired) electrons. The van der Waals surface area contributed by atoms with E-state index in [0.717, 1.165) is 31.1 Å². The number of hydrogen-bond donors (Lipinski definition) is 0. The Kier molecular flexibility index (Phi) is 2.90. The van der Waals surface area contributed by atoms with Gasteiger partial charge in [-0.1, -0.05) is 12.2 Å². The van der Waals surface area contributed by atoms with Crippen LogP contribution in [0.1, 0.15) is 32.1 Å². The zero-order valence-electron chi connectivity index (χ0n) is 8.74. The van der Waals surface area contributed by atoms with E-state index in [1.165, 1.54) is 20.0 Å². The fourth-order valence-corrected chi connectivity index (χ4v) is 2.85. The Labute approximate surface area is 85.3 Å². The van der Waals surface area contributed by atoms with Crippen molar-refractivity contribution in [3.63, 3.8) is 0 Å². The molecule has 0 saturated heterocycles. The van der Waals surface area contributed by atoms with Gasteiger partial charge >= 0.3 is 5.97 Å². The van der Waals surface area contributed by atoms with Gasteiger partial charge in [0.25, 0.3) is 0 Å². The van der Waals surface area contributed by atoms with Crippen LogP contribution in [0.15, 0.2) is 12.2 Å². The Bertz CT molecular complexity index is 245. The van der Waals surface area contributed by atoms with Gasteiger partial charge in [-0.05, 0) is 43.9 Å². The summed E-state index contributed by atoms with van der Waals surface area (Å²) in [6.45, 7) is 0. The SMILES string of the molecule is COC(=O)C1CCC2CC=CCC2C1. The maximum absolute atomic E-state index is 11.4. The topological polar surface area (TPSA) is 26.3 Å². The molecule has 2 aliphatic carbocycles. The highest BCUT2D eigenvalue weighted by molar-refractivity contribution is 5.72. The van der Waals surface area contributed by atoms with Gasteiger partial charge in [-0.15, -0.1) is 0 Å². The largest absolute Gasteiger partial charge is 0.469 e. The van der Waals surface area contributed by atoms with E-state index in [1.807, 2.05) is 0 Å². The highest BCUT2D eigenvalue weighted by Crippen LogP contribution is 2.40. The van der Waals surface area contributed by atoms with Crippen LogP contribution >= 0.6 is 0 Å². The van der Waals surface area contributed by atoms with Crippen LogP contribution in [0.25, 0.3) is 0 Å². The van der Waals surface area contributed by atoms with Crippen LogP contribution in [0, 0.1) is 17.8 Å². The molecule has 0 amide bonds. The van der Waals surface area contributed by atoms with Crippen LogP contribution in [0.4, 0.5) is 0 Å². The van der Waals surface area contributed by atoms with Crippen molar-refractivity contribution < 1.29 is 9.53 Å². The smallest absolute Gasteiger partial charge is 0.308 e. The molecule has 2 aliphatic rings. The van der Waals surface area contributed by atoms with E-state index in [1.54, 1.807) is 0 Å². The Morgan fingerprint density at radius 2 is 1.93 bits per heavy atom. The van der Waals surface area contributed by atoms with Crippen LogP contribution in [0.5, 0.6) is 0 Å². The maximum Gasteiger partial charge on any atom is 0.308 e. The average Bonchev–Trinajstić information content (AvgIpc) is 2.27. The number of carbonyl (C=O) groups excluding carboxylic acids is 1. The number of rotatable bonds is 1. The van der Waals surface area contributed by atoms with Crippen LogP contribution in [-0.2, 0) is 9.53 Å². The highest BCUT2D eigenvalue weighted by Gasteiger charge is 2.34. The van der Waals surface area contributed by atoms with Gasteiger partial charge < -0.3 is 4.74 Å². The molecule has 1 saturated carbocycles. The van der Waals surface area contributed by atoms with Gasteiger partial charge in [0.2, 0.25) is 0 Å². The van der Waals surface area contributed by atoms with E-state index >= 15 is 0 Å². The lowest BCUT2D eigenvalue weighted by Gasteiger charge is -2.36. The molecule has 2 nitrogen and oxygen atoms in total. The molecule has 0 spiro atoms. The molecule has 0 aromatic heterocycles. The molecular formula is C12H18O2. The van der Waals surface area contributed by atoms with Gasteiger partial charge in [-0.25, -0.2) is 0 Å². The zero-order chi connectivity index (χ0) is 9.97. The lowest BCUT2D eigenvalue weighted by Crippen LogP contribution is -2.30. The molecule has 3 unspecified atom stereocenters. The minimum Gasteiger partial charge on any atom is -0.469 e. The third-order valence-corrected chi connectivity index (χ3v) is 3.72. The summed E-state index contributed by atoms with van der Waals surface area (Å²) in [6.07, 6.45) is 10.2. The van der Waals surface area contributed by atoms with Crippen molar-refractivity contribution >= 4 is 5.97 Å². The predicted molar refractivity (Wildman–Crippen MR) is 54.7 cm³/mol. The maximum atomic E-state index is 11.4. The average molecular weight is 194 g/mol. The molecule has 2 rings (SSSR count). The lowest BCUT2D eigenvalue weighted by molar-refractivity contribution is -0.147. The van der Waals surface area contributed by atoms with Gasteiger partial charge in [0.1, 0.15) is 0 Å². The second kappa shape index (κ2) is 4.16. The standard InChI is InChI=1S/C12H18O2/c1-14-12(13)11-7-6-9-4-2-3-5-10(9)8-11/h2-3,9-11H,4-8H2,1H3. The number of allylic oxidation sites excluding steroid dienone is 2. The van der Waals surface area contributed by atoms with E-state index < -0.39 is 0 Å². The molecule has 0 aromatic rings. The number of ether oxygens (including phenoxy) is 1. The quantitative estimate of drug-likeness (QED) is 0.473. The normalized spacial score (nSPS) is 36.2. The minimum atomic E-state index is -0.00185. The van der Waals surface area contributed by atoms with Crippen molar-refractivity contribution in [2.45, 2.75) is 32.1 Å². The first-order chi connectivity index (χ1) is 6.81. The Morgan fingerprint density at radius 1 is 1.21 bits per heavy atom. The molecule has 14 heavy (non-hydrogen) atoms. The van der Waals surface area contributed by atoms with Crippen molar-refractivity contribution in [2.24, 2.45) is 17.8 Å². The summed E-state index contributed by atoms with van der Waals surface area (Å²) >= 11 is 0. The summed E-state index contributed by atoms with van der Waals surface area (Å²) in [7, 11) is 1.50. The third-order valence-electron chi connectivity index (χ3n) is 3.72.